The predicted octanol–water partition coefficient (Wildman–Crippen LogP) is 1.81. The van der Waals surface area contributed by atoms with Gasteiger partial charge in [-0.2, -0.15) is 16.1 Å². The molecule has 1 aromatic rings. The number of nitrogens with one attached hydrogen (secondary N) is 1. The van der Waals surface area contributed by atoms with Gasteiger partial charge in [0, 0.05) is 17.9 Å². The quantitative estimate of drug-likeness (QED) is 0.733. The number of nitrogens with two attached hydrogens (primary N) is 1. The first kappa shape index (κ1) is 9.67. The van der Waals surface area contributed by atoms with Gasteiger partial charge in [-0.3, -0.25) is 0 Å². The summed E-state index contributed by atoms with van der Waals surface area (Å²) in [6.45, 7) is 2.96. The van der Waals surface area contributed by atoms with Crippen molar-refractivity contribution in [1.82, 2.24) is 4.37 Å². The summed E-state index contributed by atoms with van der Waals surface area (Å²) >= 11 is 3.26. The van der Waals surface area contributed by atoms with Crippen LogP contribution in [0.5, 0.6) is 0 Å². The normalized spacial score (nSPS) is 10.2. The molecule has 0 saturated heterocycles. The molecule has 1 rings (SSSR count). The van der Waals surface area contributed by atoms with Gasteiger partial charge in [-0.25, -0.2) is 0 Å². The molecule has 3 nitrogen and oxygen atoms in total. The molecule has 1 aromatic heterocycles. The molecule has 12 heavy (non-hydrogen) atoms. The zero-order valence-corrected chi connectivity index (χ0v) is 8.89. The van der Waals surface area contributed by atoms with Crippen LogP contribution in [0.4, 0.5) is 10.8 Å². The molecule has 0 saturated carbocycles. The van der Waals surface area contributed by atoms with Gasteiger partial charge in [0.15, 0.2) is 0 Å². The highest BCUT2D eigenvalue weighted by atomic mass is 32.2. The molecule has 0 fully saturated rings. The molecular formula is C7H13N3S2. The highest BCUT2D eigenvalue weighted by molar-refractivity contribution is 7.98. The Bertz CT molecular complexity index is 247. The van der Waals surface area contributed by atoms with Crippen molar-refractivity contribution in [2.45, 2.75) is 6.92 Å². The van der Waals surface area contributed by atoms with Crippen LogP contribution in [0.15, 0.2) is 0 Å². The number of thioether (sulfide) groups is 1. The minimum Gasteiger partial charge on any atom is -0.383 e. The maximum absolute atomic E-state index is 5.60. The van der Waals surface area contributed by atoms with Crippen LogP contribution in [-0.2, 0) is 0 Å². The lowest BCUT2D eigenvalue weighted by molar-refractivity contribution is 1.24. The molecule has 0 atom stereocenters. The van der Waals surface area contributed by atoms with E-state index in [1.54, 1.807) is 0 Å². The Kier molecular flexibility index (Phi) is 3.68. The molecule has 0 bridgehead atoms. The summed E-state index contributed by atoms with van der Waals surface area (Å²) < 4.78 is 4.05. The fourth-order valence-electron chi connectivity index (χ4n) is 0.780. The van der Waals surface area contributed by atoms with Crippen molar-refractivity contribution in [3.8, 4) is 0 Å². The van der Waals surface area contributed by atoms with Crippen molar-refractivity contribution in [3.63, 3.8) is 0 Å². The third kappa shape index (κ3) is 2.28. The van der Waals surface area contributed by atoms with Crippen LogP contribution in [-0.4, -0.2) is 22.9 Å². The largest absolute Gasteiger partial charge is 0.383 e. The van der Waals surface area contributed by atoms with E-state index in [-0.39, 0.29) is 0 Å². The number of rotatable bonds is 4. The molecule has 5 heteroatoms. The van der Waals surface area contributed by atoms with Crippen molar-refractivity contribution in [2.24, 2.45) is 0 Å². The molecule has 0 amide bonds. The van der Waals surface area contributed by atoms with E-state index in [4.69, 9.17) is 5.73 Å². The number of nitrogen functional groups attached to an aromatic ring is 1. The summed E-state index contributed by atoms with van der Waals surface area (Å²) in [4.78, 5) is 0. The Balaban J connectivity index is 2.46. The topological polar surface area (TPSA) is 50.9 Å². The highest BCUT2D eigenvalue weighted by Gasteiger charge is 2.04. The molecule has 0 aromatic carbocycles. The second-order valence-electron chi connectivity index (χ2n) is 2.44. The molecule has 3 N–H and O–H groups in total. The first-order chi connectivity index (χ1) is 5.75. The summed E-state index contributed by atoms with van der Waals surface area (Å²) in [6, 6.07) is 0. The second-order valence-corrected chi connectivity index (χ2v) is 4.20. The van der Waals surface area contributed by atoms with Gasteiger partial charge in [0.1, 0.15) is 10.8 Å². The standard InChI is InChI=1S/C7H13N3S2/c1-5-6(8)10-12-7(5)9-3-4-11-2/h9H,3-4H2,1-2H3,(H2,8,10). The van der Waals surface area contributed by atoms with Gasteiger partial charge in [-0.1, -0.05) is 0 Å². The molecule has 1 heterocycles. The monoisotopic (exact) mass is 203 g/mol. The molecule has 0 spiro atoms. The smallest absolute Gasteiger partial charge is 0.142 e. The van der Waals surface area contributed by atoms with Gasteiger partial charge < -0.3 is 11.1 Å². The molecule has 0 aliphatic carbocycles. The van der Waals surface area contributed by atoms with Gasteiger partial charge in [-0.05, 0) is 24.7 Å². The fourth-order valence-corrected chi connectivity index (χ4v) is 1.82. The summed E-state index contributed by atoms with van der Waals surface area (Å²) in [5.74, 6) is 1.75. The van der Waals surface area contributed by atoms with Gasteiger partial charge in [0.2, 0.25) is 0 Å². The predicted molar refractivity (Wildman–Crippen MR) is 58.1 cm³/mol. The Labute approximate surface area is 80.9 Å². The van der Waals surface area contributed by atoms with Crippen LogP contribution in [0.3, 0.4) is 0 Å². The van der Waals surface area contributed by atoms with Gasteiger partial charge in [-0.15, -0.1) is 0 Å². The molecule has 0 aliphatic heterocycles. The maximum atomic E-state index is 5.60. The zero-order valence-electron chi connectivity index (χ0n) is 7.26. The van der Waals surface area contributed by atoms with E-state index >= 15 is 0 Å². The van der Waals surface area contributed by atoms with Crippen molar-refractivity contribution in [2.75, 3.05) is 29.6 Å². The zero-order chi connectivity index (χ0) is 8.97. The average Bonchev–Trinajstić information content (AvgIpc) is 2.36. The van der Waals surface area contributed by atoms with E-state index in [2.05, 4.69) is 15.9 Å². The molecular weight excluding hydrogens is 190 g/mol. The Morgan fingerprint density at radius 3 is 2.92 bits per heavy atom. The first-order valence-corrected chi connectivity index (χ1v) is 5.87. The summed E-state index contributed by atoms with van der Waals surface area (Å²) in [7, 11) is 0. The van der Waals surface area contributed by atoms with E-state index in [0.29, 0.717) is 5.82 Å². The third-order valence-corrected chi connectivity index (χ3v) is 3.09. The molecule has 0 aliphatic rings. The Morgan fingerprint density at radius 2 is 2.42 bits per heavy atom. The van der Waals surface area contributed by atoms with Gasteiger partial charge in [0.05, 0.1) is 0 Å². The number of hydrogen-bond acceptors (Lipinski definition) is 5. The Morgan fingerprint density at radius 1 is 1.67 bits per heavy atom. The minimum atomic E-state index is 0.645. The molecule has 0 radical (unpaired) electrons. The first-order valence-electron chi connectivity index (χ1n) is 3.70. The Hall–Kier alpha value is -0.420. The van der Waals surface area contributed by atoms with Crippen molar-refractivity contribution in [1.29, 1.82) is 0 Å². The summed E-state index contributed by atoms with van der Waals surface area (Å²) in [6.07, 6.45) is 2.09. The number of nitrogens with zero attached hydrogens (tertiary/aromatic N) is 1. The van der Waals surface area contributed by atoms with Crippen LogP contribution >= 0.6 is 23.3 Å². The molecule has 68 valence electrons. The highest BCUT2D eigenvalue weighted by Crippen LogP contribution is 2.24. The lowest BCUT2D eigenvalue weighted by Crippen LogP contribution is -2.03. The van der Waals surface area contributed by atoms with Crippen molar-refractivity contribution >= 4 is 34.1 Å². The van der Waals surface area contributed by atoms with E-state index in [0.717, 1.165) is 22.9 Å². The van der Waals surface area contributed by atoms with Gasteiger partial charge >= 0.3 is 0 Å². The van der Waals surface area contributed by atoms with Crippen molar-refractivity contribution in [3.05, 3.63) is 5.56 Å². The average molecular weight is 203 g/mol. The maximum Gasteiger partial charge on any atom is 0.142 e. The number of aromatic nitrogens is 1. The van der Waals surface area contributed by atoms with Crippen LogP contribution in [0.2, 0.25) is 0 Å². The summed E-state index contributed by atoms with van der Waals surface area (Å²) in [5.41, 5.74) is 6.67. The van der Waals surface area contributed by atoms with Crippen LogP contribution in [0, 0.1) is 6.92 Å². The lowest BCUT2D eigenvalue weighted by Gasteiger charge is -2.01. The summed E-state index contributed by atoms with van der Waals surface area (Å²) in [5, 5.41) is 4.39. The number of anilines is 2. The lowest BCUT2D eigenvalue weighted by atomic mass is 10.3. The van der Waals surface area contributed by atoms with E-state index in [1.165, 1.54) is 11.5 Å². The van der Waals surface area contributed by atoms with E-state index in [9.17, 15) is 0 Å². The van der Waals surface area contributed by atoms with Gasteiger partial charge in [0.25, 0.3) is 0 Å². The second kappa shape index (κ2) is 4.57. The van der Waals surface area contributed by atoms with Crippen molar-refractivity contribution < 1.29 is 0 Å². The van der Waals surface area contributed by atoms with Crippen LogP contribution in [0.25, 0.3) is 0 Å². The minimum absolute atomic E-state index is 0.645. The van der Waals surface area contributed by atoms with Crippen LogP contribution in [0.1, 0.15) is 5.56 Å². The molecule has 0 unspecified atom stereocenters. The number of hydrogen-bond donors (Lipinski definition) is 2. The SMILES string of the molecule is CSCCNc1snc(N)c1C. The fraction of sp³-hybridized carbons (Fsp3) is 0.571. The van der Waals surface area contributed by atoms with E-state index < -0.39 is 0 Å². The third-order valence-electron chi connectivity index (χ3n) is 1.55. The van der Waals surface area contributed by atoms with Crippen LogP contribution < -0.4 is 11.1 Å². The van der Waals surface area contributed by atoms with E-state index in [1.807, 2.05) is 18.7 Å².